The van der Waals surface area contributed by atoms with Crippen LogP contribution in [0.5, 0.6) is 0 Å². The number of benzene rings is 1. The van der Waals surface area contributed by atoms with Crippen LogP contribution >= 0.6 is 15.9 Å². The van der Waals surface area contributed by atoms with Gasteiger partial charge < -0.3 is 4.74 Å². The molecule has 0 aliphatic carbocycles. The van der Waals surface area contributed by atoms with Crippen molar-refractivity contribution in [3.8, 4) is 0 Å². The third-order valence-electron chi connectivity index (χ3n) is 2.33. The lowest BCUT2D eigenvalue weighted by Gasteiger charge is -2.10. The zero-order valence-corrected chi connectivity index (χ0v) is 12.7. The molecular weight excluding hydrogens is 350 g/mol. The predicted molar refractivity (Wildman–Crippen MR) is 77.5 cm³/mol. The highest BCUT2D eigenvalue weighted by molar-refractivity contribution is 9.10. The number of para-hydroxylation sites is 1. The first-order valence-corrected chi connectivity index (χ1v) is 7.62. The minimum absolute atomic E-state index is 0.256. The molecule has 2 N–H and O–H groups in total. The van der Waals surface area contributed by atoms with Gasteiger partial charge in [-0.3, -0.25) is 9.71 Å². The number of anilines is 1. The van der Waals surface area contributed by atoms with E-state index in [0.717, 1.165) is 17.0 Å². The van der Waals surface area contributed by atoms with E-state index in [-0.39, 0.29) is 5.69 Å². The third kappa shape index (κ3) is 3.36. The van der Waals surface area contributed by atoms with Gasteiger partial charge in [0.1, 0.15) is 0 Å². The van der Waals surface area contributed by atoms with Crippen LogP contribution in [-0.4, -0.2) is 26.6 Å². The van der Waals surface area contributed by atoms with Crippen LogP contribution < -0.4 is 9.44 Å². The van der Waals surface area contributed by atoms with Crippen LogP contribution in [0.2, 0.25) is 0 Å². The number of carbonyl (C=O) groups is 1. The number of carbonyl (C=O) groups excluding carboxylic acids is 1. The molecule has 7 nitrogen and oxygen atoms in total. The molecule has 0 saturated heterocycles. The van der Waals surface area contributed by atoms with E-state index in [2.05, 4.69) is 30.4 Å². The molecule has 0 atom stereocenters. The predicted octanol–water partition coefficient (Wildman–Crippen LogP) is 2.01. The normalized spacial score (nSPS) is 11.1. The standard InChI is InChI=1S/C11H10BrN3O4S/c1-19-11(16)15-20(17,18)14-9-4-2-3-7-5-8(12)6-13-10(7)9/h2-6,14H,1H3,(H,15,16). The Hall–Kier alpha value is -1.87. The lowest BCUT2D eigenvalue weighted by molar-refractivity contribution is 0.177. The van der Waals surface area contributed by atoms with E-state index in [0.29, 0.717) is 5.52 Å². The molecule has 1 amide bonds. The molecule has 1 aromatic carbocycles. The number of nitrogens with one attached hydrogen (secondary N) is 2. The quantitative estimate of drug-likeness (QED) is 0.873. The topological polar surface area (TPSA) is 97.4 Å². The van der Waals surface area contributed by atoms with Gasteiger partial charge in [-0.15, -0.1) is 0 Å². The van der Waals surface area contributed by atoms with Gasteiger partial charge in [0.25, 0.3) is 0 Å². The van der Waals surface area contributed by atoms with Crippen LogP contribution in [0.1, 0.15) is 0 Å². The van der Waals surface area contributed by atoms with Gasteiger partial charge in [0.05, 0.1) is 18.3 Å². The summed E-state index contributed by atoms with van der Waals surface area (Å²) in [6.07, 6.45) is 0.474. The highest BCUT2D eigenvalue weighted by Gasteiger charge is 2.16. The summed E-state index contributed by atoms with van der Waals surface area (Å²) >= 11 is 3.29. The number of aromatic nitrogens is 1. The Labute approximate surface area is 123 Å². The Kier molecular flexibility index (Phi) is 4.09. The Morgan fingerprint density at radius 1 is 1.40 bits per heavy atom. The first-order valence-electron chi connectivity index (χ1n) is 5.34. The Morgan fingerprint density at radius 2 is 2.15 bits per heavy atom. The average Bonchev–Trinajstić information content (AvgIpc) is 2.37. The van der Waals surface area contributed by atoms with E-state index < -0.39 is 16.3 Å². The Bertz CT molecular complexity index is 763. The summed E-state index contributed by atoms with van der Waals surface area (Å²) in [5.41, 5.74) is 0.720. The molecule has 2 aromatic rings. The number of pyridine rings is 1. The third-order valence-corrected chi connectivity index (χ3v) is 3.68. The molecule has 106 valence electrons. The van der Waals surface area contributed by atoms with Crippen LogP contribution in [0.3, 0.4) is 0 Å². The summed E-state index contributed by atoms with van der Waals surface area (Å²) in [6, 6.07) is 6.80. The zero-order valence-electron chi connectivity index (χ0n) is 10.3. The lowest BCUT2D eigenvalue weighted by Crippen LogP contribution is -2.35. The van der Waals surface area contributed by atoms with Crippen LogP contribution in [0, 0.1) is 0 Å². The van der Waals surface area contributed by atoms with Crippen molar-refractivity contribution < 1.29 is 17.9 Å². The lowest BCUT2D eigenvalue weighted by atomic mass is 10.2. The highest BCUT2D eigenvalue weighted by Crippen LogP contribution is 2.24. The number of nitrogens with zero attached hydrogens (tertiary/aromatic N) is 1. The van der Waals surface area contributed by atoms with Crippen LogP contribution in [0.15, 0.2) is 34.9 Å². The molecule has 0 saturated carbocycles. The Balaban J connectivity index is 2.37. The molecule has 0 aliphatic rings. The van der Waals surface area contributed by atoms with Crippen molar-refractivity contribution >= 4 is 48.8 Å². The largest absolute Gasteiger partial charge is 0.452 e. The Morgan fingerprint density at radius 3 is 2.85 bits per heavy atom. The van der Waals surface area contributed by atoms with Gasteiger partial charge in [-0.05, 0) is 28.1 Å². The second kappa shape index (κ2) is 5.63. The number of hydrogen-bond acceptors (Lipinski definition) is 5. The summed E-state index contributed by atoms with van der Waals surface area (Å²) in [5.74, 6) is 0. The molecule has 1 heterocycles. The van der Waals surface area contributed by atoms with Crippen LogP contribution in [-0.2, 0) is 14.9 Å². The fourth-order valence-electron chi connectivity index (χ4n) is 1.54. The molecular formula is C11H10BrN3O4S. The average molecular weight is 360 g/mol. The number of methoxy groups -OCH3 is 1. The molecule has 0 unspecified atom stereocenters. The van der Waals surface area contributed by atoms with Gasteiger partial charge in [0.15, 0.2) is 0 Å². The van der Waals surface area contributed by atoms with E-state index in [1.54, 1.807) is 35.2 Å². The molecule has 0 spiro atoms. The molecule has 0 aliphatic heterocycles. The second-order valence-electron chi connectivity index (χ2n) is 3.73. The molecule has 2 rings (SSSR count). The van der Waals surface area contributed by atoms with Gasteiger partial charge in [0.2, 0.25) is 0 Å². The number of fused-ring (bicyclic) bond motifs is 1. The van der Waals surface area contributed by atoms with Crippen LogP contribution in [0.4, 0.5) is 10.5 Å². The van der Waals surface area contributed by atoms with Crippen molar-refractivity contribution in [2.75, 3.05) is 11.8 Å². The number of rotatable bonds is 3. The van der Waals surface area contributed by atoms with Crippen molar-refractivity contribution in [3.05, 3.63) is 34.9 Å². The fourth-order valence-corrected chi connectivity index (χ4v) is 2.69. The maximum absolute atomic E-state index is 11.7. The zero-order chi connectivity index (χ0) is 14.8. The molecule has 0 radical (unpaired) electrons. The maximum atomic E-state index is 11.7. The van der Waals surface area contributed by atoms with E-state index >= 15 is 0 Å². The van der Waals surface area contributed by atoms with E-state index in [1.807, 2.05) is 0 Å². The molecule has 1 aromatic heterocycles. The molecule has 0 bridgehead atoms. The van der Waals surface area contributed by atoms with Crippen molar-refractivity contribution in [2.24, 2.45) is 0 Å². The van der Waals surface area contributed by atoms with E-state index in [1.165, 1.54) is 0 Å². The van der Waals surface area contributed by atoms with Crippen LogP contribution in [0.25, 0.3) is 10.9 Å². The van der Waals surface area contributed by atoms with Crippen molar-refractivity contribution in [3.63, 3.8) is 0 Å². The molecule has 20 heavy (non-hydrogen) atoms. The van der Waals surface area contributed by atoms with Crippen molar-refractivity contribution in [1.82, 2.24) is 9.71 Å². The number of hydrogen-bond donors (Lipinski definition) is 2. The summed E-state index contributed by atoms with van der Waals surface area (Å²) in [6.45, 7) is 0. The smallest absolute Gasteiger partial charge is 0.422 e. The maximum Gasteiger partial charge on any atom is 0.422 e. The van der Waals surface area contributed by atoms with Crippen molar-refractivity contribution in [1.29, 1.82) is 0 Å². The van der Waals surface area contributed by atoms with E-state index in [4.69, 9.17) is 0 Å². The first kappa shape index (κ1) is 14.5. The summed E-state index contributed by atoms with van der Waals surface area (Å²) in [5, 5.41) is 0.748. The molecule has 9 heteroatoms. The number of amides is 1. The first-order chi connectivity index (χ1) is 9.41. The highest BCUT2D eigenvalue weighted by atomic mass is 79.9. The van der Waals surface area contributed by atoms with Crippen molar-refractivity contribution in [2.45, 2.75) is 0 Å². The van der Waals surface area contributed by atoms with Gasteiger partial charge in [-0.25, -0.2) is 9.52 Å². The van der Waals surface area contributed by atoms with Gasteiger partial charge in [-0.1, -0.05) is 12.1 Å². The van der Waals surface area contributed by atoms with E-state index in [9.17, 15) is 13.2 Å². The summed E-state index contributed by atoms with van der Waals surface area (Å²) < 4.78 is 32.4. The van der Waals surface area contributed by atoms with Gasteiger partial charge >= 0.3 is 16.3 Å². The minimum atomic E-state index is -4.07. The van der Waals surface area contributed by atoms with Gasteiger partial charge in [0, 0.05) is 16.1 Å². The molecule has 0 fully saturated rings. The number of ether oxygens (including phenoxy) is 1. The van der Waals surface area contributed by atoms with Gasteiger partial charge in [-0.2, -0.15) is 8.42 Å². The fraction of sp³-hybridized carbons (Fsp3) is 0.0909. The summed E-state index contributed by atoms with van der Waals surface area (Å²) in [7, 11) is -3.00. The monoisotopic (exact) mass is 359 g/mol. The second-order valence-corrected chi connectivity index (χ2v) is 6.06. The SMILES string of the molecule is COC(=O)NS(=O)(=O)Nc1cccc2cc(Br)cnc12. The summed E-state index contributed by atoms with van der Waals surface area (Å²) in [4.78, 5) is 15.1. The number of halogens is 1. The minimum Gasteiger partial charge on any atom is -0.452 e.